The Morgan fingerprint density at radius 2 is 2.05 bits per heavy atom. The zero-order valence-corrected chi connectivity index (χ0v) is 11.3. The highest BCUT2D eigenvalue weighted by Gasteiger charge is 2.05. The number of carbonyl (C=O) groups is 1. The number of nitrogens with one attached hydrogen (secondary N) is 1. The summed E-state index contributed by atoms with van der Waals surface area (Å²) in [5.74, 6) is 0.655. The number of hydrogen-bond acceptors (Lipinski definition) is 4. The lowest BCUT2D eigenvalue weighted by Crippen LogP contribution is -2.25. The second kappa shape index (κ2) is 6.56. The first-order valence-corrected chi connectivity index (χ1v) is 6.30. The highest BCUT2D eigenvalue weighted by molar-refractivity contribution is 5.94. The van der Waals surface area contributed by atoms with Gasteiger partial charge in [0.2, 0.25) is 0 Å². The molecule has 104 valence electrons. The van der Waals surface area contributed by atoms with Crippen molar-refractivity contribution in [3.05, 3.63) is 53.9 Å². The van der Waals surface area contributed by atoms with Gasteiger partial charge in [0.25, 0.3) is 5.91 Å². The van der Waals surface area contributed by atoms with E-state index in [0.29, 0.717) is 17.8 Å². The number of nitrogen functional groups attached to an aromatic ring is 1. The molecule has 5 heteroatoms. The van der Waals surface area contributed by atoms with Crippen LogP contribution >= 0.6 is 0 Å². The molecule has 0 aliphatic carbocycles. The smallest absolute Gasteiger partial charge is 0.252 e. The molecule has 1 aromatic carbocycles. The van der Waals surface area contributed by atoms with Crippen molar-refractivity contribution in [3.63, 3.8) is 0 Å². The van der Waals surface area contributed by atoms with Crippen molar-refractivity contribution < 1.29 is 9.53 Å². The summed E-state index contributed by atoms with van der Waals surface area (Å²) >= 11 is 0. The number of hydrogen-bond donors (Lipinski definition) is 2. The Morgan fingerprint density at radius 3 is 2.70 bits per heavy atom. The molecule has 0 atom stereocenters. The van der Waals surface area contributed by atoms with Gasteiger partial charge in [0.15, 0.2) is 0 Å². The second-order valence-corrected chi connectivity index (χ2v) is 4.36. The molecule has 1 amide bonds. The van der Waals surface area contributed by atoms with E-state index < -0.39 is 0 Å². The van der Waals surface area contributed by atoms with Gasteiger partial charge in [0.1, 0.15) is 5.75 Å². The molecule has 0 fully saturated rings. The summed E-state index contributed by atoms with van der Waals surface area (Å²) in [6.07, 6.45) is 3.76. The number of nitrogens with zero attached hydrogens (tertiary/aromatic N) is 1. The van der Waals surface area contributed by atoms with Crippen molar-refractivity contribution in [1.82, 2.24) is 10.3 Å². The summed E-state index contributed by atoms with van der Waals surface area (Å²) < 4.78 is 5.09. The fourth-order valence-electron chi connectivity index (χ4n) is 1.80. The molecule has 0 saturated heterocycles. The van der Waals surface area contributed by atoms with Crippen LogP contribution in [-0.2, 0) is 6.42 Å². The number of carbonyl (C=O) groups excluding carboxylic acids is 1. The largest absolute Gasteiger partial charge is 0.497 e. The lowest BCUT2D eigenvalue weighted by atomic mass is 10.1. The normalized spacial score (nSPS) is 10.1. The number of ether oxygens (including phenoxy) is 1. The Balaban J connectivity index is 1.84. The summed E-state index contributed by atoms with van der Waals surface area (Å²) in [5.41, 5.74) is 7.68. The van der Waals surface area contributed by atoms with E-state index in [0.717, 1.165) is 17.7 Å². The van der Waals surface area contributed by atoms with Crippen molar-refractivity contribution in [2.45, 2.75) is 6.42 Å². The topological polar surface area (TPSA) is 77.2 Å². The molecule has 2 aromatic rings. The van der Waals surface area contributed by atoms with E-state index in [9.17, 15) is 4.79 Å². The third-order valence-electron chi connectivity index (χ3n) is 2.88. The van der Waals surface area contributed by atoms with Crippen LogP contribution in [0.25, 0.3) is 0 Å². The Morgan fingerprint density at radius 1 is 1.30 bits per heavy atom. The Kier molecular flexibility index (Phi) is 4.55. The Bertz CT molecular complexity index is 582. The first-order valence-electron chi connectivity index (χ1n) is 6.30. The molecule has 1 heterocycles. The average molecular weight is 271 g/mol. The molecular weight excluding hydrogens is 254 g/mol. The number of pyridine rings is 1. The molecule has 0 radical (unpaired) electrons. The monoisotopic (exact) mass is 271 g/mol. The van der Waals surface area contributed by atoms with Gasteiger partial charge < -0.3 is 15.8 Å². The molecule has 1 aromatic heterocycles. The molecule has 20 heavy (non-hydrogen) atoms. The maximum Gasteiger partial charge on any atom is 0.252 e. The third-order valence-corrected chi connectivity index (χ3v) is 2.88. The lowest BCUT2D eigenvalue weighted by molar-refractivity contribution is 0.0954. The van der Waals surface area contributed by atoms with Crippen molar-refractivity contribution in [2.75, 3.05) is 19.4 Å². The van der Waals surface area contributed by atoms with Crippen LogP contribution in [0.2, 0.25) is 0 Å². The molecule has 3 N–H and O–H groups in total. The fraction of sp³-hybridized carbons (Fsp3) is 0.200. The highest BCUT2D eigenvalue weighted by atomic mass is 16.5. The number of amides is 1. The first-order chi connectivity index (χ1) is 9.69. The quantitative estimate of drug-likeness (QED) is 0.866. The number of benzene rings is 1. The van der Waals surface area contributed by atoms with Gasteiger partial charge in [-0.1, -0.05) is 12.1 Å². The van der Waals surface area contributed by atoms with Crippen LogP contribution in [0.15, 0.2) is 42.7 Å². The fourth-order valence-corrected chi connectivity index (χ4v) is 1.80. The van der Waals surface area contributed by atoms with Gasteiger partial charge in [-0.25, -0.2) is 0 Å². The Hall–Kier alpha value is -2.56. The standard InChI is InChI=1S/C15H17N3O2/c1-20-14-4-2-11(3-5-14)6-7-18-15(19)12-8-13(16)10-17-9-12/h2-5,8-10H,6-7,16H2,1H3,(H,18,19). The van der Waals surface area contributed by atoms with Gasteiger partial charge in [0, 0.05) is 18.9 Å². The highest BCUT2D eigenvalue weighted by Crippen LogP contribution is 2.11. The third kappa shape index (κ3) is 3.71. The van der Waals surface area contributed by atoms with E-state index in [1.165, 1.54) is 12.4 Å². The van der Waals surface area contributed by atoms with E-state index in [-0.39, 0.29) is 5.91 Å². The van der Waals surface area contributed by atoms with Crippen molar-refractivity contribution >= 4 is 11.6 Å². The first kappa shape index (κ1) is 13.9. The summed E-state index contributed by atoms with van der Waals surface area (Å²) in [5, 5.41) is 2.84. The van der Waals surface area contributed by atoms with Gasteiger partial charge in [-0.2, -0.15) is 0 Å². The predicted octanol–water partition coefficient (Wildman–Crippen LogP) is 1.64. The van der Waals surface area contributed by atoms with Crippen LogP contribution < -0.4 is 15.8 Å². The maximum absolute atomic E-state index is 11.9. The minimum Gasteiger partial charge on any atom is -0.497 e. The summed E-state index contributed by atoms with van der Waals surface area (Å²) in [6.45, 7) is 0.556. The average Bonchev–Trinajstić information content (AvgIpc) is 2.48. The van der Waals surface area contributed by atoms with Gasteiger partial charge in [-0.15, -0.1) is 0 Å². The molecule has 0 saturated carbocycles. The number of nitrogens with two attached hydrogens (primary N) is 1. The number of anilines is 1. The number of rotatable bonds is 5. The molecule has 0 bridgehead atoms. The van der Waals surface area contributed by atoms with Gasteiger partial charge in [0.05, 0.1) is 18.4 Å². The molecule has 0 aliphatic heterocycles. The van der Waals surface area contributed by atoms with Crippen LogP contribution in [0.4, 0.5) is 5.69 Å². The minimum absolute atomic E-state index is 0.168. The molecule has 0 aliphatic rings. The van der Waals surface area contributed by atoms with E-state index in [1.807, 2.05) is 24.3 Å². The zero-order chi connectivity index (χ0) is 14.4. The zero-order valence-electron chi connectivity index (χ0n) is 11.3. The van der Waals surface area contributed by atoms with Gasteiger partial charge >= 0.3 is 0 Å². The summed E-state index contributed by atoms with van der Waals surface area (Å²) in [4.78, 5) is 15.8. The Labute approximate surface area is 117 Å². The maximum atomic E-state index is 11.9. The summed E-state index contributed by atoms with van der Waals surface area (Å²) in [7, 11) is 1.63. The molecule has 0 spiro atoms. The number of aromatic nitrogens is 1. The molecule has 0 unspecified atom stereocenters. The van der Waals surface area contributed by atoms with Crippen LogP contribution in [0.5, 0.6) is 5.75 Å². The van der Waals surface area contributed by atoms with Crippen molar-refractivity contribution in [1.29, 1.82) is 0 Å². The van der Waals surface area contributed by atoms with Gasteiger partial charge in [-0.3, -0.25) is 9.78 Å². The van der Waals surface area contributed by atoms with Crippen molar-refractivity contribution in [2.24, 2.45) is 0 Å². The predicted molar refractivity (Wildman–Crippen MR) is 77.7 cm³/mol. The molecule has 5 nitrogen and oxygen atoms in total. The van der Waals surface area contributed by atoms with Crippen molar-refractivity contribution in [3.8, 4) is 5.75 Å². The summed E-state index contributed by atoms with van der Waals surface area (Å²) in [6, 6.07) is 9.37. The number of methoxy groups -OCH3 is 1. The van der Waals surface area contributed by atoms with Gasteiger partial charge in [-0.05, 0) is 30.2 Å². The van der Waals surface area contributed by atoms with Crippen LogP contribution in [-0.4, -0.2) is 24.5 Å². The lowest BCUT2D eigenvalue weighted by Gasteiger charge is -2.06. The van der Waals surface area contributed by atoms with Crippen LogP contribution in [0.1, 0.15) is 15.9 Å². The van der Waals surface area contributed by atoms with E-state index in [4.69, 9.17) is 10.5 Å². The molecular formula is C15H17N3O2. The van der Waals surface area contributed by atoms with E-state index in [1.54, 1.807) is 13.2 Å². The second-order valence-electron chi connectivity index (χ2n) is 4.36. The minimum atomic E-state index is -0.168. The van der Waals surface area contributed by atoms with E-state index in [2.05, 4.69) is 10.3 Å². The SMILES string of the molecule is COc1ccc(CCNC(=O)c2cncc(N)c2)cc1. The van der Waals surface area contributed by atoms with E-state index >= 15 is 0 Å². The molecule has 2 rings (SSSR count). The van der Waals surface area contributed by atoms with Crippen LogP contribution in [0.3, 0.4) is 0 Å². The van der Waals surface area contributed by atoms with Crippen LogP contribution in [0, 0.1) is 0 Å².